The third-order valence-corrected chi connectivity index (χ3v) is 5.46. The zero-order chi connectivity index (χ0) is 13.2. The molecule has 0 spiro atoms. The molecule has 1 N–H and O–H groups in total. The molecule has 2 aliphatic heterocycles. The zero-order valence-corrected chi connectivity index (χ0v) is 12.7. The van der Waals surface area contributed by atoms with Gasteiger partial charge < -0.3 is 10.2 Å². The predicted molar refractivity (Wildman–Crippen MR) is 80.9 cm³/mol. The highest BCUT2D eigenvalue weighted by molar-refractivity contribution is 7.13. The van der Waals surface area contributed by atoms with E-state index in [9.17, 15) is 0 Å². The van der Waals surface area contributed by atoms with E-state index < -0.39 is 0 Å². The van der Waals surface area contributed by atoms with E-state index in [1.165, 1.54) is 36.6 Å². The van der Waals surface area contributed by atoms with Crippen LogP contribution in [0.25, 0.3) is 0 Å². The van der Waals surface area contributed by atoms with Crippen molar-refractivity contribution < 1.29 is 0 Å². The SMILES string of the molecule is CCNCc1csc(N2CCC3CCC(C2)N3C)n1. The molecule has 19 heavy (non-hydrogen) atoms. The molecule has 0 radical (unpaired) electrons. The van der Waals surface area contributed by atoms with E-state index in [0.717, 1.165) is 31.7 Å². The number of hydrogen-bond donors (Lipinski definition) is 1. The van der Waals surface area contributed by atoms with Crippen LogP contribution in [-0.2, 0) is 6.54 Å². The van der Waals surface area contributed by atoms with Crippen LogP contribution in [0.15, 0.2) is 5.38 Å². The van der Waals surface area contributed by atoms with Crippen molar-refractivity contribution in [3.05, 3.63) is 11.1 Å². The van der Waals surface area contributed by atoms with Crippen molar-refractivity contribution in [2.24, 2.45) is 0 Å². The summed E-state index contributed by atoms with van der Waals surface area (Å²) >= 11 is 1.80. The molecule has 0 amide bonds. The third kappa shape index (κ3) is 2.78. The minimum Gasteiger partial charge on any atom is -0.346 e. The predicted octanol–water partition coefficient (Wildman–Crippen LogP) is 1.93. The molecule has 2 fully saturated rings. The topological polar surface area (TPSA) is 31.4 Å². The Labute approximate surface area is 119 Å². The maximum absolute atomic E-state index is 4.79. The van der Waals surface area contributed by atoms with Gasteiger partial charge in [0.15, 0.2) is 5.13 Å². The fourth-order valence-electron chi connectivity index (χ4n) is 3.26. The van der Waals surface area contributed by atoms with Crippen LogP contribution in [0.3, 0.4) is 0 Å². The van der Waals surface area contributed by atoms with E-state index in [4.69, 9.17) is 4.98 Å². The van der Waals surface area contributed by atoms with Crippen LogP contribution in [0.5, 0.6) is 0 Å². The second kappa shape index (κ2) is 5.77. The number of fused-ring (bicyclic) bond motifs is 2. The van der Waals surface area contributed by atoms with Crippen molar-refractivity contribution in [2.75, 3.05) is 31.6 Å². The average Bonchev–Trinajstić information content (AvgIpc) is 2.94. The van der Waals surface area contributed by atoms with Crippen LogP contribution in [0, 0.1) is 0 Å². The van der Waals surface area contributed by atoms with Gasteiger partial charge in [0.05, 0.1) is 5.69 Å². The summed E-state index contributed by atoms with van der Waals surface area (Å²) in [5.41, 5.74) is 1.18. The molecule has 2 aliphatic rings. The van der Waals surface area contributed by atoms with Gasteiger partial charge >= 0.3 is 0 Å². The summed E-state index contributed by atoms with van der Waals surface area (Å²) in [7, 11) is 2.30. The van der Waals surface area contributed by atoms with Gasteiger partial charge in [0.2, 0.25) is 0 Å². The fourth-order valence-corrected chi connectivity index (χ4v) is 4.12. The molecule has 4 nitrogen and oxygen atoms in total. The molecule has 0 saturated carbocycles. The first-order valence-electron chi connectivity index (χ1n) is 7.40. The van der Waals surface area contributed by atoms with E-state index in [0.29, 0.717) is 0 Å². The van der Waals surface area contributed by atoms with Crippen LogP contribution in [0.2, 0.25) is 0 Å². The van der Waals surface area contributed by atoms with Crippen molar-refractivity contribution >= 4 is 16.5 Å². The smallest absolute Gasteiger partial charge is 0.185 e. The van der Waals surface area contributed by atoms with Crippen molar-refractivity contribution in [3.63, 3.8) is 0 Å². The first kappa shape index (κ1) is 13.3. The highest BCUT2D eigenvalue weighted by Crippen LogP contribution is 2.31. The Hall–Kier alpha value is -0.650. The van der Waals surface area contributed by atoms with Gasteiger partial charge in [-0.3, -0.25) is 4.90 Å². The molecule has 0 aliphatic carbocycles. The number of anilines is 1. The Morgan fingerprint density at radius 2 is 2.21 bits per heavy atom. The van der Waals surface area contributed by atoms with Crippen LogP contribution < -0.4 is 10.2 Å². The molecule has 106 valence electrons. The second-order valence-electron chi connectivity index (χ2n) is 5.69. The number of nitrogens with one attached hydrogen (secondary N) is 1. The number of rotatable bonds is 4. The second-order valence-corrected chi connectivity index (χ2v) is 6.52. The van der Waals surface area contributed by atoms with Crippen molar-refractivity contribution in [3.8, 4) is 0 Å². The summed E-state index contributed by atoms with van der Waals surface area (Å²) in [5.74, 6) is 0. The van der Waals surface area contributed by atoms with E-state index in [1.54, 1.807) is 11.3 Å². The summed E-state index contributed by atoms with van der Waals surface area (Å²) in [6.45, 7) is 6.35. The van der Waals surface area contributed by atoms with Crippen LogP contribution in [0.4, 0.5) is 5.13 Å². The number of nitrogens with zero attached hydrogens (tertiary/aromatic N) is 3. The highest BCUT2D eigenvalue weighted by Gasteiger charge is 2.35. The van der Waals surface area contributed by atoms with Crippen molar-refractivity contribution in [1.29, 1.82) is 0 Å². The molecule has 1 aromatic rings. The lowest BCUT2D eigenvalue weighted by molar-refractivity contribution is 0.254. The van der Waals surface area contributed by atoms with E-state index in [1.807, 2.05) is 0 Å². The summed E-state index contributed by atoms with van der Waals surface area (Å²) in [5, 5.41) is 6.76. The van der Waals surface area contributed by atoms with Gasteiger partial charge in [-0.05, 0) is 32.9 Å². The standard InChI is InChI=1S/C14H24N4S/c1-3-15-8-11-10-19-14(16-11)18-7-6-12-4-5-13(9-18)17(12)2/h10,12-13,15H,3-9H2,1-2H3. The first-order valence-corrected chi connectivity index (χ1v) is 8.28. The maximum atomic E-state index is 4.79. The van der Waals surface area contributed by atoms with E-state index in [2.05, 4.69) is 34.5 Å². The van der Waals surface area contributed by atoms with Gasteiger partial charge in [0, 0.05) is 37.1 Å². The van der Waals surface area contributed by atoms with Crippen LogP contribution >= 0.6 is 11.3 Å². The fraction of sp³-hybridized carbons (Fsp3) is 0.786. The number of aromatic nitrogens is 1. The Morgan fingerprint density at radius 3 is 3.05 bits per heavy atom. The Bertz CT molecular complexity index is 419. The Kier molecular flexibility index (Phi) is 4.05. The Morgan fingerprint density at radius 1 is 1.37 bits per heavy atom. The molecule has 2 unspecified atom stereocenters. The molecular weight excluding hydrogens is 256 g/mol. The first-order chi connectivity index (χ1) is 9.28. The molecule has 5 heteroatoms. The summed E-state index contributed by atoms with van der Waals surface area (Å²) in [6.07, 6.45) is 4.03. The lowest BCUT2D eigenvalue weighted by Gasteiger charge is -2.25. The van der Waals surface area contributed by atoms with Gasteiger partial charge in [0.1, 0.15) is 0 Å². The van der Waals surface area contributed by atoms with E-state index in [-0.39, 0.29) is 0 Å². The Balaban J connectivity index is 1.67. The number of thiazole rings is 1. The quantitative estimate of drug-likeness (QED) is 0.913. The van der Waals surface area contributed by atoms with Crippen LogP contribution in [0.1, 0.15) is 31.9 Å². The minimum atomic E-state index is 0.730. The highest BCUT2D eigenvalue weighted by atomic mass is 32.1. The van der Waals surface area contributed by atoms with Gasteiger partial charge in [0.25, 0.3) is 0 Å². The molecule has 0 aromatic carbocycles. The zero-order valence-electron chi connectivity index (χ0n) is 11.9. The molecule has 2 saturated heterocycles. The van der Waals surface area contributed by atoms with E-state index >= 15 is 0 Å². The molecule has 2 bridgehead atoms. The molecule has 2 atom stereocenters. The lowest BCUT2D eigenvalue weighted by atomic mass is 10.1. The molecule has 3 rings (SSSR count). The summed E-state index contributed by atoms with van der Waals surface area (Å²) in [4.78, 5) is 9.88. The molecule has 3 heterocycles. The van der Waals surface area contributed by atoms with Crippen molar-refractivity contribution in [1.82, 2.24) is 15.2 Å². The maximum Gasteiger partial charge on any atom is 0.185 e. The third-order valence-electron chi connectivity index (χ3n) is 4.51. The average molecular weight is 280 g/mol. The monoisotopic (exact) mass is 280 g/mol. The minimum absolute atomic E-state index is 0.730. The normalized spacial score (nSPS) is 27.8. The number of hydrogen-bond acceptors (Lipinski definition) is 5. The van der Waals surface area contributed by atoms with Gasteiger partial charge in [-0.15, -0.1) is 11.3 Å². The van der Waals surface area contributed by atoms with Crippen molar-refractivity contribution in [2.45, 2.75) is 44.8 Å². The molecular formula is C14H24N4S. The van der Waals surface area contributed by atoms with Gasteiger partial charge in [-0.2, -0.15) is 0 Å². The molecule has 1 aromatic heterocycles. The summed E-state index contributed by atoms with van der Waals surface area (Å²) < 4.78 is 0. The number of likely N-dealkylation sites (N-methyl/N-ethyl adjacent to an activating group) is 1. The summed E-state index contributed by atoms with van der Waals surface area (Å²) in [6, 6.07) is 1.53. The van der Waals surface area contributed by atoms with Gasteiger partial charge in [-0.25, -0.2) is 4.98 Å². The van der Waals surface area contributed by atoms with Crippen LogP contribution in [-0.4, -0.2) is 48.6 Å². The lowest BCUT2D eigenvalue weighted by Crippen LogP contribution is -2.36. The largest absolute Gasteiger partial charge is 0.346 e. The van der Waals surface area contributed by atoms with Gasteiger partial charge in [-0.1, -0.05) is 6.92 Å².